The molecule has 0 fully saturated rings. The largest absolute Gasteiger partial charge is 0.475 e. The van der Waals surface area contributed by atoms with Crippen molar-refractivity contribution in [3.8, 4) is 0 Å². The van der Waals surface area contributed by atoms with Crippen LogP contribution in [0.1, 0.15) is 16.3 Å². The molecule has 108 valence electrons. The third-order valence-corrected chi connectivity index (χ3v) is 3.10. The highest BCUT2D eigenvalue weighted by atomic mass is 32.2. The van der Waals surface area contributed by atoms with Gasteiger partial charge in [-0.3, -0.25) is 4.84 Å². The van der Waals surface area contributed by atoms with E-state index in [1.807, 2.05) is 0 Å². The third-order valence-electron chi connectivity index (χ3n) is 1.78. The zero-order chi connectivity index (χ0) is 14.8. The van der Waals surface area contributed by atoms with Gasteiger partial charge in [-0.05, 0) is 6.92 Å². The third kappa shape index (κ3) is 4.22. The Labute approximate surface area is 105 Å². The van der Waals surface area contributed by atoms with E-state index >= 15 is 0 Å². The molecule has 1 aromatic rings. The molecule has 7 nitrogen and oxygen atoms in total. The van der Waals surface area contributed by atoms with Crippen molar-refractivity contribution in [3.63, 3.8) is 0 Å². The maximum absolute atomic E-state index is 11.8. The summed E-state index contributed by atoms with van der Waals surface area (Å²) in [5, 5.41) is 8.58. The second-order valence-electron chi connectivity index (χ2n) is 3.33. The molecule has 0 saturated carbocycles. The second-order valence-corrected chi connectivity index (χ2v) is 4.94. The molecule has 0 atom stereocenters. The molecule has 0 unspecified atom stereocenters. The number of aromatic carboxylic acids is 1. The van der Waals surface area contributed by atoms with Crippen LogP contribution in [-0.4, -0.2) is 32.3 Å². The van der Waals surface area contributed by atoms with Crippen LogP contribution in [0.3, 0.4) is 0 Å². The monoisotopic (exact) mass is 303 g/mol. The van der Waals surface area contributed by atoms with E-state index in [9.17, 15) is 26.4 Å². The standard InChI is InChI=1S/C8H8F3NO6S/c1-4-6(2-5(18-4)7(13)14)19(15,16)12-17-3-8(9,10)11/h2,12H,3H2,1H3,(H,13,14). The van der Waals surface area contributed by atoms with Crippen molar-refractivity contribution in [1.82, 2.24) is 4.89 Å². The van der Waals surface area contributed by atoms with E-state index in [0.717, 1.165) is 6.92 Å². The Hall–Kier alpha value is -1.59. The lowest BCUT2D eigenvalue weighted by Gasteiger charge is -2.08. The van der Waals surface area contributed by atoms with E-state index in [-0.39, 0.29) is 5.76 Å². The molecule has 1 rings (SSSR count). The summed E-state index contributed by atoms with van der Waals surface area (Å²) in [6, 6.07) is 0.664. The lowest BCUT2D eigenvalue weighted by atomic mass is 10.4. The summed E-state index contributed by atoms with van der Waals surface area (Å²) >= 11 is 0. The Morgan fingerprint density at radius 2 is 2.11 bits per heavy atom. The minimum Gasteiger partial charge on any atom is -0.475 e. The van der Waals surface area contributed by atoms with Crippen LogP contribution in [-0.2, 0) is 14.9 Å². The molecule has 0 spiro atoms. The number of hydrogen-bond acceptors (Lipinski definition) is 5. The molecule has 1 aromatic heterocycles. The van der Waals surface area contributed by atoms with Gasteiger partial charge in [0.25, 0.3) is 10.0 Å². The fourth-order valence-corrected chi connectivity index (χ4v) is 2.06. The van der Waals surface area contributed by atoms with Gasteiger partial charge in [-0.25, -0.2) is 13.2 Å². The van der Waals surface area contributed by atoms with Gasteiger partial charge in [0.15, 0.2) is 6.61 Å². The molecule has 0 aliphatic carbocycles. The number of aryl methyl sites for hydroxylation is 1. The number of hydrogen-bond donors (Lipinski definition) is 2. The van der Waals surface area contributed by atoms with Gasteiger partial charge in [-0.15, -0.1) is 0 Å². The van der Waals surface area contributed by atoms with E-state index in [1.54, 1.807) is 0 Å². The number of rotatable bonds is 5. The molecule has 11 heteroatoms. The number of sulfonamides is 1. The van der Waals surface area contributed by atoms with Crippen LogP contribution < -0.4 is 4.89 Å². The van der Waals surface area contributed by atoms with E-state index in [2.05, 4.69) is 9.25 Å². The molecule has 19 heavy (non-hydrogen) atoms. The number of halogens is 3. The van der Waals surface area contributed by atoms with Crippen molar-refractivity contribution >= 4 is 16.0 Å². The van der Waals surface area contributed by atoms with Gasteiger partial charge in [-0.1, -0.05) is 4.89 Å². The Kier molecular flexibility index (Phi) is 4.22. The first kappa shape index (κ1) is 15.5. The molecule has 2 N–H and O–H groups in total. The van der Waals surface area contributed by atoms with E-state index < -0.39 is 39.4 Å². The van der Waals surface area contributed by atoms with Gasteiger partial charge in [0.05, 0.1) is 0 Å². The van der Waals surface area contributed by atoms with Gasteiger partial charge in [0, 0.05) is 6.07 Å². The molecular weight excluding hydrogens is 295 g/mol. The van der Waals surface area contributed by atoms with Crippen LogP contribution in [0.5, 0.6) is 0 Å². The van der Waals surface area contributed by atoms with Crippen molar-refractivity contribution in [2.24, 2.45) is 0 Å². The number of carboxylic acids is 1. The molecular formula is C8H8F3NO6S. The van der Waals surface area contributed by atoms with Gasteiger partial charge in [0.1, 0.15) is 10.7 Å². The number of carbonyl (C=O) groups is 1. The molecule has 0 aliphatic heterocycles. The van der Waals surface area contributed by atoms with Gasteiger partial charge in [-0.2, -0.15) is 13.2 Å². The summed E-state index contributed by atoms with van der Waals surface area (Å²) < 4.78 is 62.9. The minimum atomic E-state index is -4.71. The predicted octanol–water partition coefficient (Wildman–Crippen LogP) is 1.06. The average Bonchev–Trinajstić information content (AvgIpc) is 2.58. The van der Waals surface area contributed by atoms with Crippen LogP contribution >= 0.6 is 0 Å². The Balaban J connectivity index is 2.86. The number of alkyl halides is 3. The molecule has 0 radical (unpaired) electrons. The summed E-state index contributed by atoms with van der Waals surface area (Å²) in [5.74, 6) is -2.46. The summed E-state index contributed by atoms with van der Waals surface area (Å²) in [7, 11) is -4.46. The lowest BCUT2D eigenvalue weighted by Crippen LogP contribution is -2.29. The zero-order valence-corrected chi connectivity index (χ0v) is 10.1. The molecule has 0 amide bonds. The van der Waals surface area contributed by atoms with Crippen LogP contribution in [0.25, 0.3) is 0 Å². The quantitative estimate of drug-likeness (QED) is 0.788. The fourth-order valence-electron chi connectivity index (χ4n) is 1.07. The first-order chi connectivity index (χ1) is 8.53. The molecule has 0 aliphatic rings. The Bertz CT molecular complexity index is 576. The second kappa shape index (κ2) is 5.19. The fraction of sp³-hybridized carbons (Fsp3) is 0.375. The number of nitrogens with one attached hydrogen (secondary N) is 1. The van der Waals surface area contributed by atoms with Crippen LogP contribution in [0.2, 0.25) is 0 Å². The summed E-state index contributed by atoms with van der Waals surface area (Å²) in [4.78, 5) is 14.9. The van der Waals surface area contributed by atoms with Crippen molar-refractivity contribution in [2.45, 2.75) is 18.0 Å². The molecule has 0 saturated heterocycles. The van der Waals surface area contributed by atoms with Gasteiger partial charge < -0.3 is 9.52 Å². The highest BCUT2D eigenvalue weighted by Crippen LogP contribution is 2.20. The van der Waals surface area contributed by atoms with E-state index in [4.69, 9.17) is 5.11 Å². The zero-order valence-electron chi connectivity index (χ0n) is 9.32. The van der Waals surface area contributed by atoms with Crippen molar-refractivity contribution in [1.29, 1.82) is 0 Å². The van der Waals surface area contributed by atoms with Crippen molar-refractivity contribution in [3.05, 3.63) is 17.6 Å². The van der Waals surface area contributed by atoms with E-state index in [1.165, 1.54) is 4.89 Å². The SMILES string of the molecule is Cc1oc(C(=O)O)cc1S(=O)(=O)NOCC(F)(F)F. The van der Waals surface area contributed by atoms with Crippen LogP contribution in [0.4, 0.5) is 13.2 Å². The summed E-state index contributed by atoms with van der Waals surface area (Å²) in [6.45, 7) is -0.681. The maximum atomic E-state index is 11.8. The minimum absolute atomic E-state index is 0.291. The molecule has 0 bridgehead atoms. The summed E-state index contributed by atoms with van der Waals surface area (Å²) in [6.07, 6.45) is -4.71. The topological polar surface area (TPSA) is 106 Å². The normalized spacial score (nSPS) is 12.6. The first-order valence-corrected chi connectivity index (χ1v) is 6.05. The molecule has 0 aromatic carbocycles. The van der Waals surface area contributed by atoms with Crippen LogP contribution in [0, 0.1) is 6.92 Å². The Morgan fingerprint density at radius 1 is 1.53 bits per heavy atom. The smallest absolute Gasteiger partial charge is 0.413 e. The Morgan fingerprint density at radius 3 is 2.53 bits per heavy atom. The number of carboxylic acid groups (broad SMARTS) is 1. The van der Waals surface area contributed by atoms with Crippen LogP contribution in [0.15, 0.2) is 15.4 Å². The number of furan rings is 1. The lowest BCUT2D eigenvalue weighted by molar-refractivity contribution is -0.181. The predicted molar refractivity (Wildman–Crippen MR) is 52.7 cm³/mol. The van der Waals surface area contributed by atoms with Crippen molar-refractivity contribution in [2.75, 3.05) is 6.61 Å². The first-order valence-electron chi connectivity index (χ1n) is 4.57. The highest BCUT2D eigenvalue weighted by Gasteiger charge is 2.30. The average molecular weight is 303 g/mol. The maximum Gasteiger partial charge on any atom is 0.413 e. The highest BCUT2D eigenvalue weighted by molar-refractivity contribution is 7.89. The van der Waals surface area contributed by atoms with Gasteiger partial charge in [0.2, 0.25) is 5.76 Å². The summed E-state index contributed by atoms with van der Waals surface area (Å²) in [5.41, 5.74) is 0. The van der Waals surface area contributed by atoms with Crippen molar-refractivity contribution < 1.29 is 40.7 Å². The van der Waals surface area contributed by atoms with Gasteiger partial charge >= 0.3 is 12.1 Å². The van der Waals surface area contributed by atoms with E-state index in [0.29, 0.717) is 6.07 Å². The molecule has 1 heterocycles.